The van der Waals surface area contributed by atoms with Crippen LogP contribution in [0.25, 0.3) is 0 Å². The molecule has 25 heavy (non-hydrogen) atoms. The van der Waals surface area contributed by atoms with Gasteiger partial charge in [0.05, 0.1) is 0 Å². The van der Waals surface area contributed by atoms with E-state index < -0.39 is 14.1 Å². The third-order valence-corrected chi connectivity index (χ3v) is 5.68. The minimum Gasteiger partial charge on any atom is -0.169 e. The summed E-state index contributed by atoms with van der Waals surface area (Å²) >= 11 is -1.49. The molecule has 0 saturated heterocycles. The van der Waals surface area contributed by atoms with E-state index in [4.69, 9.17) is 0 Å². The quantitative estimate of drug-likeness (QED) is 0.201. The van der Waals surface area contributed by atoms with E-state index in [2.05, 4.69) is 52.9 Å². The van der Waals surface area contributed by atoms with Gasteiger partial charge in [-0.05, 0) is 19.3 Å². The molecule has 0 heterocycles. The first kappa shape index (κ1) is 24.2. The van der Waals surface area contributed by atoms with Crippen molar-refractivity contribution in [1.82, 2.24) is 0 Å². The molecule has 0 saturated carbocycles. The highest BCUT2D eigenvalue weighted by molar-refractivity contribution is 6.82. The van der Waals surface area contributed by atoms with E-state index in [0.29, 0.717) is 0 Å². The van der Waals surface area contributed by atoms with Crippen LogP contribution in [-0.4, -0.2) is 14.1 Å². The largest absolute Gasteiger partial charge is 0.574 e. The molecular formula is C24H39Al. The second-order valence-corrected chi connectivity index (χ2v) is 8.56. The molecule has 0 spiro atoms. The second-order valence-electron chi connectivity index (χ2n) is 6.83. The van der Waals surface area contributed by atoms with Crippen molar-refractivity contribution in [3.05, 3.63) is 0 Å². The maximum atomic E-state index is 3.44. The van der Waals surface area contributed by atoms with Gasteiger partial charge < -0.3 is 0 Å². The highest BCUT2D eigenvalue weighted by Crippen LogP contribution is 2.03. The molecular weight excluding hydrogens is 315 g/mol. The minimum absolute atomic E-state index is 1.03. The van der Waals surface area contributed by atoms with Crippen molar-refractivity contribution in [2.24, 2.45) is 0 Å². The molecule has 1 heteroatoms. The van der Waals surface area contributed by atoms with Crippen molar-refractivity contribution in [3.63, 3.8) is 0 Å². The smallest absolute Gasteiger partial charge is 0.169 e. The van der Waals surface area contributed by atoms with Crippen LogP contribution in [-0.2, 0) is 0 Å². The van der Waals surface area contributed by atoms with E-state index in [1.165, 1.54) is 77.0 Å². The number of hydrogen-bond acceptors (Lipinski definition) is 0. The standard InChI is InChI=1S/3C8H13.Al/c3*1-3-5-7-8-6-4-2;/h3*3,5-8H2,1H3;. The molecule has 0 aromatic rings. The molecule has 0 aliphatic rings. The van der Waals surface area contributed by atoms with Crippen molar-refractivity contribution in [2.45, 2.75) is 117 Å². The Morgan fingerprint density at radius 1 is 0.440 bits per heavy atom. The van der Waals surface area contributed by atoms with Crippen molar-refractivity contribution in [1.29, 1.82) is 0 Å². The van der Waals surface area contributed by atoms with Crippen molar-refractivity contribution >= 4 is 14.1 Å². The first-order chi connectivity index (χ1) is 12.3. The predicted molar refractivity (Wildman–Crippen MR) is 115 cm³/mol. The Morgan fingerprint density at radius 2 is 0.760 bits per heavy atom. The van der Waals surface area contributed by atoms with Gasteiger partial charge in [0.15, 0.2) is 0 Å². The van der Waals surface area contributed by atoms with Gasteiger partial charge in [0.2, 0.25) is 0 Å². The molecule has 0 aliphatic carbocycles. The third kappa shape index (κ3) is 19.4. The molecule has 0 amide bonds. The summed E-state index contributed by atoms with van der Waals surface area (Å²) in [5, 5.41) is 0. The monoisotopic (exact) mass is 354 g/mol. The van der Waals surface area contributed by atoms with Crippen molar-refractivity contribution in [2.75, 3.05) is 0 Å². The van der Waals surface area contributed by atoms with Gasteiger partial charge in [-0.1, -0.05) is 78.6 Å². The van der Waals surface area contributed by atoms with E-state index in [0.717, 1.165) is 19.3 Å². The Hall–Kier alpha value is -0.788. The Morgan fingerprint density at radius 3 is 1.04 bits per heavy atom. The molecule has 0 aromatic heterocycles. The summed E-state index contributed by atoms with van der Waals surface area (Å²) in [7, 11) is 0. The van der Waals surface area contributed by atoms with Crippen LogP contribution in [0, 0.1) is 32.1 Å². The maximum absolute atomic E-state index is 3.44. The molecule has 0 unspecified atom stereocenters. The van der Waals surface area contributed by atoms with Crippen LogP contribution in [0.15, 0.2) is 0 Å². The molecule has 0 N–H and O–H groups in total. The van der Waals surface area contributed by atoms with Crippen LogP contribution in [0.3, 0.4) is 0 Å². The fraction of sp³-hybridized carbons (Fsp3) is 0.750. The van der Waals surface area contributed by atoms with E-state index in [-0.39, 0.29) is 0 Å². The third-order valence-electron chi connectivity index (χ3n) is 4.21. The lowest BCUT2D eigenvalue weighted by atomic mass is 10.2. The van der Waals surface area contributed by atoms with E-state index in [9.17, 15) is 0 Å². The van der Waals surface area contributed by atoms with Gasteiger partial charge in [-0.15, -0.1) is 17.8 Å². The summed E-state index contributed by atoms with van der Waals surface area (Å²) in [5.41, 5.74) is 0. The van der Waals surface area contributed by atoms with Crippen molar-refractivity contribution in [3.8, 4) is 32.1 Å². The highest BCUT2D eigenvalue weighted by Gasteiger charge is 2.07. The van der Waals surface area contributed by atoms with Crippen LogP contribution in [0.4, 0.5) is 0 Å². The van der Waals surface area contributed by atoms with Gasteiger partial charge in [0.25, 0.3) is 0 Å². The summed E-state index contributed by atoms with van der Waals surface area (Å²) < 4.78 is 0. The zero-order valence-corrected chi connectivity index (χ0v) is 18.3. The fourth-order valence-electron chi connectivity index (χ4n) is 2.55. The molecule has 0 aromatic carbocycles. The van der Waals surface area contributed by atoms with Crippen LogP contribution in [0.1, 0.15) is 117 Å². The number of unbranched alkanes of at least 4 members (excludes halogenated alkanes) is 12. The van der Waals surface area contributed by atoms with Crippen LogP contribution in [0.5, 0.6) is 0 Å². The normalized spacial score (nSPS) is 9.24. The Labute approximate surface area is 163 Å². The van der Waals surface area contributed by atoms with E-state index >= 15 is 0 Å². The maximum Gasteiger partial charge on any atom is 0.574 e. The lowest BCUT2D eigenvalue weighted by Gasteiger charge is -1.93. The molecule has 0 nitrogen and oxygen atoms in total. The van der Waals surface area contributed by atoms with E-state index in [1.54, 1.807) is 0 Å². The molecule has 0 rings (SSSR count). The average molecular weight is 355 g/mol. The van der Waals surface area contributed by atoms with Gasteiger partial charge in [-0.25, -0.2) is 0 Å². The first-order valence-electron chi connectivity index (χ1n) is 10.8. The minimum atomic E-state index is -1.49. The SMILES string of the molecule is CCCCCCC#[C][Al]([C]#CCCCCCC)[C]#CCCCCCC. The molecule has 0 radical (unpaired) electrons. The lowest BCUT2D eigenvalue weighted by Crippen LogP contribution is -2.04. The molecule has 0 bridgehead atoms. The second kappa shape index (κ2) is 21.3. The highest BCUT2D eigenvalue weighted by atomic mass is 27.2. The molecule has 0 fully saturated rings. The average Bonchev–Trinajstić information content (AvgIpc) is 2.63. The zero-order valence-electron chi connectivity index (χ0n) is 17.2. The zero-order chi connectivity index (χ0) is 18.4. The topological polar surface area (TPSA) is 0 Å². The molecule has 0 atom stereocenters. The summed E-state index contributed by atoms with van der Waals surface area (Å²) in [4.78, 5) is 10.3. The van der Waals surface area contributed by atoms with Crippen LogP contribution in [0.2, 0.25) is 0 Å². The summed E-state index contributed by atoms with van der Waals surface area (Å²) in [5.74, 6) is 10.1. The van der Waals surface area contributed by atoms with Gasteiger partial charge in [-0.3, -0.25) is 0 Å². The fourth-order valence-corrected chi connectivity index (χ4v) is 3.81. The summed E-state index contributed by atoms with van der Waals surface area (Å²) in [6.07, 6.45) is 18.6. The number of hydrogen-bond donors (Lipinski definition) is 0. The van der Waals surface area contributed by atoms with Gasteiger partial charge >= 0.3 is 14.1 Å². The van der Waals surface area contributed by atoms with Gasteiger partial charge in [-0.2, -0.15) is 14.3 Å². The first-order valence-corrected chi connectivity index (χ1v) is 12.5. The van der Waals surface area contributed by atoms with Crippen molar-refractivity contribution < 1.29 is 0 Å². The molecule has 0 aliphatic heterocycles. The predicted octanol–water partition coefficient (Wildman–Crippen LogP) is 7.02. The lowest BCUT2D eigenvalue weighted by molar-refractivity contribution is 0.679. The Kier molecular flexibility index (Phi) is 20.6. The Balaban J connectivity index is 4.33. The van der Waals surface area contributed by atoms with E-state index in [1.807, 2.05) is 0 Å². The number of rotatable bonds is 12. The van der Waals surface area contributed by atoms with Gasteiger partial charge in [0.1, 0.15) is 0 Å². The Bertz CT molecular complexity index is 386. The van der Waals surface area contributed by atoms with Gasteiger partial charge in [0, 0.05) is 19.3 Å². The van der Waals surface area contributed by atoms with Crippen LogP contribution >= 0.6 is 0 Å². The van der Waals surface area contributed by atoms with Crippen LogP contribution < -0.4 is 0 Å². The summed E-state index contributed by atoms with van der Waals surface area (Å²) in [6.45, 7) is 6.75. The molecule has 138 valence electrons. The summed E-state index contributed by atoms with van der Waals surface area (Å²) in [6, 6.07) is 0.